The molecule has 1 aliphatic heterocycles. The average molecular weight is 392 g/mol. The summed E-state index contributed by atoms with van der Waals surface area (Å²) in [6, 6.07) is 7.06. The molecule has 1 saturated heterocycles. The summed E-state index contributed by atoms with van der Waals surface area (Å²) in [5.41, 5.74) is 1.03. The Morgan fingerprint density at radius 1 is 1.30 bits per heavy atom. The Morgan fingerprint density at radius 3 is 2.59 bits per heavy atom. The van der Waals surface area contributed by atoms with Crippen LogP contribution in [0.5, 0.6) is 0 Å². The van der Waals surface area contributed by atoms with Crippen molar-refractivity contribution in [3.63, 3.8) is 0 Å². The van der Waals surface area contributed by atoms with E-state index >= 15 is 0 Å². The summed E-state index contributed by atoms with van der Waals surface area (Å²) in [5, 5.41) is 3.60. The SMILES string of the molecule is CCOC(=O)N1CCC(NC(=O)c2nc(-c3ccc(Cl)cc3)oc2C)CC1. The van der Waals surface area contributed by atoms with Crippen LogP contribution in [0.25, 0.3) is 11.5 Å². The van der Waals surface area contributed by atoms with Crippen molar-refractivity contribution in [3.8, 4) is 11.5 Å². The number of aryl methyl sites for hydroxylation is 1. The first-order valence-corrected chi connectivity index (χ1v) is 9.31. The van der Waals surface area contributed by atoms with E-state index in [1.807, 2.05) is 0 Å². The fourth-order valence-corrected chi connectivity index (χ4v) is 3.12. The van der Waals surface area contributed by atoms with E-state index in [9.17, 15) is 9.59 Å². The molecule has 1 aromatic heterocycles. The molecule has 0 spiro atoms. The van der Waals surface area contributed by atoms with Gasteiger partial charge >= 0.3 is 6.09 Å². The van der Waals surface area contributed by atoms with Gasteiger partial charge < -0.3 is 19.4 Å². The first kappa shape index (κ1) is 19.2. The highest BCUT2D eigenvalue weighted by molar-refractivity contribution is 6.30. The van der Waals surface area contributed by atoms with Crippen molar-refractivity contribution >= 4 is 23.6 Å². The summed E-state index contributed by atoms with van der Waals surface area (Å²) in [6.07, 6.45) is 1.04. The van der Waals surface area contributed by atoms with Crippen molar-refractivity contribution in [1.82, 2.24) is 15.2 Å². The largest absolute Gasteiger partial charge is 0.450 e. The Bertz CT molecular complexity index is 811. The molecule has 2 aromatic rings. The summed E-state index contributed by atoms with van der Waals surface area (Å²) in [7, 11) is 0. The van der Waals surface area contributed by atoms with Crippen molar-refractivity contribution in [1.29, 1.82) is 0 Å². The highest BCUT2D eigenvalue weighted by Gasteiger charge is 2.26. The maximum atomic E-state index is 12.6. The molecule has 3 rings (SSSR count). The van der Waals surface area contributed by atoms with E-state index in [4.69, 9.17) is 20.8 Å². The second kappa shape index (κ2) is 8.43. The number of likely N-dealkylation sites (tertiary alicyclic amines) is 1. The van der Waals surface area contributed by atoms with E-state index in [1.54, 1.807) is 43.0 Å². The maximum Gasteiger partial charge on any atom is 0.409 e. The molecular formula is C19H22ClN3O4. The van der Waals surface area contributed by atoms with E-state index in [0.29, 0.717) is 49.2 Å². The number of piperidine rings is 1. The number of ether oxygens (including phenoxy) is 1. The molecule has 2 heterocycles. The Hall–Kier alpha value is -2.54. The van der Waals surface area contributed by atoms with Crippen molar-refractivity contribution in [2.45, 2.75) is 32.7 Å². The van der Waals surface area contributed by atoms with Crippen LogP contribution in [0, 0.1) is 6.92 Å². The van der Waals surface area contributed by atoms with Crippen LogP contribution in [0.4, 0.5) is 4.79 Å². The monoisotopic (exact) mass is 391 g/mol. The molecule has 2 amide bonds. The van der Waals surface area contributed by atoms with Crippen molar-refractivity contribution in [2.24, 2.45) is 0 Å². The molecule has 1 aliphatic rings. The Kier molecular flexibility index (Phi) is 6.01. The lowest BCUT2D eigenvalue weighted by Crippen LogP contribution is -2.46. The van der Waals surface area contributed by atoms with Gasteiger partial charge in [-0.15, -0.1) is 0 Å². The number of hydrogen-bond donors (Lipinski definition) is 1. The Balaban J connectivity index is 1.60. The number of nitrogens with one attached hydrogen (secondary N) is 1. The van der Waals surface area contributed by atoms with Crippen LogP contribution in [-0.2, 0) is 4.74 Å². The number of nitrogens with zero attached hydrogens (tertiary/aromatic N) is 2. The molecule has 0 bridgehead atoms. The van der Waals surface area contributed by atoms with Gasteiger partial charge in [-0.25, -0.2) is 9.78 Å². The molecule has 1 aromatic carbocycles. The van der Waals surface area contributed by atoms with Gasteiger partial charge in [0.15, 0.2) is 5.69 Å². The predicted octanol–water partition coefficient (Wildman–Crippen LogP) is 3.65. The number of oxazole rings is 1. The summed E-state index contributed by atoms with van der Waals surface area (Å²) in [5.74, 6) is 0.568. The zero-order valence-corrected chi connectivity index (χ0v) is 16.1. The number of carbonyl (C=O) groups is 2. The Labute approximate surface area is 162 Å². The van der Waals surface area contributed by atoms with Crippen LogP contribution in [0.15, 0.2) is 28.7 Å². The zero-order valence-electron chi connectivity index (χ0n) is 15.3. The van der Waals surface area contributed by atoms with Crippen LogP contribution in [0.1, 0.15) is 36.0 Å². The van der Waals surface area contributed by atoms with Crippen molar-refractivity contribution in [2.75, 3.05) is 19.7 Å². The van der Waals surface area contributed by atoms with Crippen molar-refractivity contribution in [3.05, 3.63) is 40.7 Å². The maximum absolute atomic E-state index is 12.6. The normalized spacial score (nSPS) is 14.9. The number of halogens is 1. The first-order valence-electron chi connectivity index (χ1n) is 8.94. The van der Waals surface area contributed by atoms with Gasteiger partial charge in [-0.05, 0) is 51.0 Å². The van der Waals surface area contributed by atoms with Crippen LogP contribution < -0.4 is 5.32 Å². The summed E-state index contributed by atoms with van der Waals surface area (Å²) >= 11 is 5.89. The van der Waals surface area contributed by atoms with Crippen molar-refractivity contribution < 1.29 is 18.7 Å². The number of hydrogen-bond acceptors (Lipinski definition) is 5. The summed E-state index contributed by atoms with van der Waals surface area (Å²) in [6.45, 7) is 4.96. The molecule has 1 N–H and O–H groups in total. The van der Waals surface area contributed by atoms with E-state index in [-0.39, 0.29) is 23.7 Å². The standard InChI is InChI=1S/C19H22ClN3O4/c1-3-26-19(25)23-10-8-15(9-11-23)21-17(24)16-12(2)27-18(22-16)13-4-6-14(20)7-5-13/h4-7,15H,3,8-11H2,1-2H3,(H,21,24). The molecule has 7 nitrogen and oxygen atoms in total. The number of aromatic nitrogens is 1. The van der Waals surface area contributed by atoms with Gasteiger partial charge in [0.25, 0.3) is 5.91 Å². The molecule has 0 radical (unpaired) electrons. The van der Waals surface area contributed by atoms with Gasteiger partial charge in [0.2, 0.25) is 5.89 Å². The second-order valence-corrected chi connectivity index (χ2v) is 6.80. The predicted molar refractivity (Wildman–Crippen MR) is 101 cm³/mol. The lowest BCUT2D eigenvalue weighted by atomic mass is 10.1. The topological polar surface area (TPSA) is 84.7 Å². The average Bonchev–Trinajstić information content (AvgIpc) is 3.05. The number of carbonyl (C=O) groups excluding carboxylic acids is 2. The second-order valence-electron chi connectivity index (χ2n) is 6.36. The van der Waals surface area contributed by atoms with E-state index < -0.39 is 0 Å². The lowest BCUT2D eigenvalue weighted by Gasteiger charge is -2.31. The molecule has 27 heavy (non-hydrogen) atoms. The molecular weight excluding hydrogens is 370 g/mol. The third-order valence-electron chi connectivity index (χ3n) is 4.46. The molecule has 1 fully saturated rings. The van der Waals surface area contributed by atoms with Crippen LogP contribution in [0.2, 0.25) is 5.02 Å². The fourth-order valence-electron chi connectivity index (χ4n) is 3.00. The smallest absolute Gasteiger partial charge is 0.409 e. The van der Waals surface area contributed by atoms with E-state index in [0.717, 1.165) is 5.56 Å². The highest BCUT2D eigenvalue weighted by atomic mass is 35.5. The molecule has 144 valence electrons. The van der Waals surface area contributed by atoms with Gasteiger partial charge in [-0.2, -0.15) is 0 Å². The quantitative estimate of drug-likeness (QED) is 0.859. The first-order chi connectivity index (χ1) is 13.0. The number of benzene rings is 1. The molecule has 0 saturated carbocycles. The highest BCUT2D eigenvalue weighted by Crippen LogP contribution is 2.23. The minimum absolute atomic E-state index is 0.0155. The van der Waals surface area contributed by atoms with Gasteiger partial charge in [0.05, 0.1) is 6.61 Å². The van der Waals surface area contributed by atoms with Gasteiger partial charge in [0, 0.05) is 29.7 Å². The van der Waals surface area contributed by atoms with Crippen LogP contribution >= 0.6 is 11.6 Å². The number of rotatable bonds is 4. The molecule has 0 aliphatic carbocycles. The minimum Gasteiger partial charge on any atom is -0.450 e. The lowest BCUT2D eigenvalue weighted by molar-refractivity contribution is 0.0856. The van der Waals surface area contributed by atoms with Gasteiger partial charge in [-0.1, -0.05) is 11.6 Å². The van der Waals surface area contributed by atoms with E-state index in [2.05, 4.69) is 10.3 Å². The molecule has 0 unspecified atom stereocenters. The van der Waals surface area contributed by atoms with E-state index in [1.165, 1.54) is 0 Å². The van der Waals surface area contributed by atoms with Gasteiger partial charge in [0.1, 0.15) is 5.76 Å². The van der Waals surface area contributed by atoms with Crippen LogP contribution in [0.3, 0.4) is 0 Å². The minimum atomic E-state index is -0.303. The third-order valence-corrected chi connectivity index (χ3v) is 4.71. The number of amides is 2. The molecule has 8 heteroatoms. The van der Waals surface area contributed by atoms with Gasteiger partial charge in [-0.3, -0.25) is 4.79 Å². The molecule has 0 atom stereocenters. The zero-order chi connectivity index (χ0) is 19.4. The Morgan fingerprint density at radius 2 is 1.96 bits per heavy atom. The summed E-state index contributed by atoms with van der Waals surface area (Å²) < 4.78 is 10.6. The van der Waals surface area contributed by atoms with Crippen LogP contribution in [-0.4, -0.2) is 47.6 Å². The summed E-state index contributed by atoms with van der Waals surface area (Å²) in [4.78, 5) is 30.3. The fraction of sp³-hybridized carbons (Fsp3) is 0.421. The third kappa shape index (κ3) is 4.60.